The normalized spacial score (nSPS) is 35.8. The third-order valence-corrected chi connectivity index (χ3v) is 2.09. The third-order valence-electron chi connectivity index (χ3n) is 1.83. The zero-order valence-corrected chi connectivity index (χ0v) is 8.10. The van der Waals surface area contributed by atoms with Crippen LogP contribution in [0.1, 0.15) is 21.1 Å². The van der Waals surface area contributed by atoms with Crippen molar-refractivity contribution in [3.05, 3.63) is 0 Å². The molecular weight excluding hydrogens is 176 g/mol. The summed E-state index contributed by atoms with van der Waals surface area (Å²) in [6.45, 7) is 1.50. The first-order valence-corrected chi connectivity index (χ1v) is 4.40. The number of rotatable bonds is 2. The summed E-state index contributed by atoms with van der Waals surface area (Å²) in [5.41, 5.74) is 0. The Bertz CT molecular complexity index is 188. The number of thiocarbonyl (C=S) groups is 1. The van der Waals surface area contributed by atoms with Crippen LogP contribution in [-0.2, 0) is 14.2 Å². The fourth-order valence-electron chi connectivity index (χ4n) is 1.17. The minimum Gasteiger partial charge on any atom is -0.460 e. The second kappa shape index (κ2) is 4.62. The van der Waals surface area contributed by atoms with E-state index in [0.29, 0.717) is 6.42 Å². The second-order valence-electron chi connectivity index (χ2n) is 2.60. The Kier molecular flexibility index (Phi) is 3.18. The van der Waals surface area contributed by atoms with Crippen molar-refractivity contribution in [2.24, 2.45) is 0 Å². The summed E-state index contributed by atoms with van der Waals surface area (Å²) in [5.74, 6) is 0. The summed E-state index contributed by atoms with van der Waals surface area (Å²) < 4.78 is 22.7. The molecule has 0 bridgehead atoms. The van der Waals surface area contributed by atoms with Crippen LogP contribution in [0, 0.1) is 0 Å². The van der Waals surface area contributed by atoms with Gasteiger partial charge >= 0.3 is 5.24 Å². The summed E-state index contributed by atoms with van der Waals surface area (Å²) in [6, 6.07) is 0. The molecule has 70 valence electrons. The van der Waals surface area contributed by atoms with Gasteiger partial charge in [0, 0.05) is 18.6 Å². The molecule has 0 N–H and O–H groups in total. The fourth-order valence-corrected chi connectivity index (χ4v) is 1.29. The zero-order chi connectivity index (χ0) is 9.84. The minimum absolute atomic E-state index is 0.0319. The molecule has 3 atom stereocenters. The van der Waals surface area contributed by atoms with E-state index in [4.69, 9.17) is 27.8 Å². The van der Waals surface area contributed by atoms with Crippen LogP contribution < -0.4 is 0 Å². The average molecular weight is 192 g/mol. The lowest BCUT2D eigenvalue weighted by Crippen LogP contribution is -2.26. The first kappa shape index (κ1) is 8.26. The predicted octanol–water partition coefficient (Wildman–Crippen LogP) is 1.50. The van der Waals surface area contributed by atoms with Gasteiger partial charge in [0.25, 0.3) is 0 Å². The van der Waals surface area contributed by atoms with Gasteiger partial charge in [-0.1, -0.05) is 6.92 Å². The van der Waals surface area contributed by atoms with Gasteiger partial charge in [-0.15, -0.1) is 0 Å². The van der Waals surface area contributed by atoms with Crippen molar-refractivity contribution in [1.82, 2.24) is 0 Å². The van der Waals surface area contributed by atoms with E-state index >= 15 is 0 Å². The average Bonchev–Trinajstić information content (AvgIpc) is 2.46. The van der Waals surface area contributed by atoms with Crippen molar-refractivity contribution >= 4 is 17.5 Å². The van der Waals surface area contributed by atoms with Crippen molar-refractivity contribution < 1.29 is 15.6 Å². The Hall–Kier alpha value is -0.350. The summed E-state index contributed by atoms with van der Waals surface area (Å²) in [5, 5.41) is 0.126. The SMILES string of the molecule is [3H]C1CC(OC(=S)OC)[C@@H](CC)O1. The molecule has 1 heterocycles. The lowest BCUT2D eigenvalue weighted by molar-refractivity contribution is 0.0341. The predicted molar refractivity (Wildman–Crippen MR) is 49.1 cm³/mol. The Morgan fingerprint density at radius 2 is 2.58 bits per heavy atom. The molecule has 1 aliphatic heterocycles. The molecule has 1 rings (SSSR count). The van der Waals surface area contributed by atoms with Gasteiger partial charge in [0.05, 0.1) is 21.2 Å². The Morgan fingerprint density at radius 3 is 3.17 bits per heavy atom. The first-order chi connectivity index (χ1) is 6.17. The van der Waals surface area contributed by atoms with Gasteiger partial charge in [0.15, 0.2) is 0 Å². The molecule has 0 radical (unpaired) electrons. The monoisotopic (exact) mass is 192 g/mol. The Balaban J connectivity index is 2.43. The molecule has 2 unspecified atom stereocenters. The Labute approximate surface area is 79.4 Å². The van der Waals surface area contributed by atoms with Gasteiger partial charge in [-0.2, -0.15) is 0 Å². The van der Waals surface area contributed by atoms with E-state index in [2.05, 4.69) is 0 Å². The topological polar surface area (TPSA) is 27.7 Å². The van der Waals surface area contributed by atoms with Crippen LogP contribution in [0.25, 0.3) is 0 Å². The van der Waals surface area contributed by atoms with Crippen LogP contribution in [0.4, 0.5) is 0 Å². The van der Waals surface area contributed by atoms with Crippen LogP contribution >= 0.6 is 12.2 Å². The van der Waals surface area contributed by atoms with E-state index in [-0.39, 0.29) is 17.4 Å². The summed E-state index contributed by atoms with van der Waals surface area (Å²) in [6.07, 6.45) is 1.23. The molecule has 4 heteroatoms. The molecule has 0 spiro atoms. The highest BCUT2D eigenvalue weighted by atomic mass is 32.1. The molecule has 0 aromatic carbocycles. The lowest BCUT2D eigenvalue weighted by atomic mass is 10.1. The molecule has 3 nitrogen and oxygen atoms in total. The quantitative estimate of drug-likeness (QED) is 0.620. The number of hydrogen-bond donors (Lipinski definition) is 0. The van der Waals surface area contributed by atoms with Gasteiger partial charge in [0.2, 0.25) is 0 Å². The Morgan fingerprint density at radius 1 is 1.83 bits per heavy atom. The fraction of sp³-hybridized carbons (Fsp3) is 0.875. The molecule has 1 saturated heterocycles. The van der Waals surface area contributed by atoms with E-state index in [0.717, 1.165) is 6.42 Å². The van der Waals surface area contributed by atoms with Crippen LogP contribution in [-0.4, -0.2) is 31.1 Å². The minimum atomic E-state index is -0.491. The molecular formula is C8H14O3S. The smallest absolute Gasteiger partial charge is 0.352 e. The highest BCUT2D eigenvalue weighted by Crippen LogP contribution is 2.19. The number of methoxy groups -OCH3 is 1. The van der Waals surface area contributed by atoms with E-state index in [1.807, 2.05) is 6.92 Å². The molecule has 0 aliphatic carbocycles. The largest absolute Gasteiger partial charge is 0.460 e. The standard InChI is InChI=1S/C8H14O3S/c1-3-6-7(4-5-10-6)11-8(12)9-2/h6-7H,3-5H2,1-2H3/t6-,7?/m1/s1/i5T/t5?,6-,7?. The molecule has 0 aromatic rings. The van der Waals surface area contributed by atoms with Crippen LogP contribution in [0.5, 0.6) is 0 Å². The van der Waals surface area contributed by atoms with Crippen molar-refractivity contribution in [2.45, 2.75) is 32.0 Å². The van der Waals surface area contributed by atoms with E-state index < -0.39 is 6.58 Å². The molecule has 1 aliphatic rings. The van der Waals surface area contributed by atoms with E-state index in [1.165, 1.54) is 7.11 Å². The molecule has 1 fully saturated rings. The van der Waals surface area contributed by atoms with Gasteiger partial charge in [-0.05, 0) is 6.42 Å². The van der Waals surface area contributed by atoms with Gasteiger partial charge in [-0.25, -0.2) is 0 Å². The lowest BCUT2D eigenvalue weighted by Gasteiger charge is -2.17. The third kappa shape index (κ3) is 2.32. The van der Waals surface area contributed by atoms with Crippen LogP contribution in [0.15, 0.2) is 0 Å². The van der Waals surface area contributed by atoms with Gasteiger partial charge in [0.1, 0.15) is 6.10 Å². The van der Waals surface area contributed by atoms with E-state index in [9.17, 15) is 0 Å². The van der Waals surface area contributed by atoms with E-state index in [1.54, 1.807) is 0 Å². The summed E-state index contributed by atoms with van der Waals surface area (Å²) >= 11 is 4.77. The number of hydrogen-bond acceptors (Lipinski definition) is 4. The summed E-state index contributed by atoms with van der Waals surface area (Å²) in [4.78, 5) is 0. The van der Waals surface area contributed by atoms with Gasteiger partial charge in [-0.3, -0.25) is 0 Å². The molecule has 0 saturated carbocycles. The zero-order valence-electron chi connectivity index (χ0n) is 8.28. The molecule has 12 heavy (non-hydrogen) atoms. The van der Waals surface area contributed by atoms with Crippen LogP contribution in [0.2, 0.25) is 0 Å². The van der Waals surface area contributed by atoms with Crippen molar-refractivity contribution in [1.29, 1.82) is 0 Å². The highest BCUT2D eigenvalue weighted by molar-refractivity contribution is 7.79. The highest BCUT2D eigenvalue weighted by Gasteiger charge is 2.29. The van der Waals surface area contributed by atoms with Gasteiger partial charge < -0.3 is 14.2 Å². The maximum Gasteiger partial charge on any atom is 0.352 e. The molecule has 0 amide bonds. The molecule has 0 aromatic heterocycles. The maximum absolute atomic E-state index is 7.41. The number of ether oxygens (including phenoxy) is 3. The van der Waals surface area contributed by atoms with Crippen molar-refractivity contribution in [2.75, 3.05) is 13.7 Å². The second-order valence-corrected chi connectivity index (χ2v) is 2.93. The summed E-state index contributed by atoms with van der Waals surface area (Å²) in [7, 11) is 1.47. The van der Waals surface area contributed by atoms with Crippen molar-refractivity contribution in [3.8, 4) is 0 Å². The maximum atomic E-state index is 7.41. The van der Waals surface area contributed by atoms with Crippen LogP contribution in [0.3, 0.4) is 0 Å². The van der Waals surface area contributed by atoms with Crippen molar-refractivity contribution in [3.63, 3.8) is 0 Å². The first-order valence-electron chi connectivity index (χ1n) is 4.57.